The van der Waals surface area contributed by atoms with Crippen LogP contribution in [-0.2, 0) is 4.79 Å². The molecule has 1 fully saturated rings. The molecule has 2 unspecified atom stereocenters. The Hall–Kier alpha value is -2.53. The molecular formula is C15H16N4O. The minimum absolute atomic E-state index is 0.104. The van der Waals surface area contributed by atoms with Crippen LogP contribution in [0.3, 0.4) is 0 Å². The maximum absolute atomic E-state index is 12.2. The highest BCUT2D eigenvalue weighted by Gasteiger charge is 2.30. The van der Waals surface area contributed by atoms with E-state index in [-0.39, 0.29) is 18.4 Å². The van der Waals surface area contributed by atoms with Crippen LogP contribution < -0.4 is 10.2 Å². The summed E-state index contributed by atoms with van der Waals surface area (Å²) in [6, 6.07) is 10.9. The van der Waals surface area contributed by atoms with Gasteiger partial charge in [0.05, 0.1) is 24.1 Å². The van der Waals surface area contributed by atoms with Gasteiger partial charge in [-0.1, -0.05) is 0 Å². The maximum atomic E-state index is 12.2. The molecule has 0 aromatic heterocycles. The van der Waals surface area contributed by atoms with Crippen molar-refractivity contribution in [1.29, 1.82) is 10.5 Å². The molecular weight excluding hydrogens is 252 g/mol. The van der Waals surface area contributed by atoms with Crippen LogP contribution in [0.2, 0.25) is 0 Å². The van der Waals surface area contributed by atoms with Crippen LogP contribution in [0.25, 0.3) is 0 Å². The maximum Gasteiger partial charge on any atom is 0.243 e. The van der Waals surface area contributed by atoms with Crippen molar-refractivity contribution in [2.75, 3.05) is 11.4 Å². The fourth-order valence-corrected chi connectivity index (χ4v) is 2.37. The number of rotatable bonds is 2. The molecule has 0 spiro atoms. The zero-order chi connectivity index (χ0) is 14.5. The van der Waals surface area contributed by atoms with Gasteiger partial charge in [0.25, 0.3) is 0 Å². The van der Waals surface area contributed by atoms with Crippen LogP contribution in [-0.4, -0.2) is 24.5 Å². The van der Waals surface area contributed by atoms with Crippen molar-refractivity contribution in [2.24, 2.45) is 0 Å². The Morgan fingerprint density at radius 2 is 2.05 bits per heavy atom. The second kappa shape index (κ2) is 6.08. The van der Waals surface area contributed by atoms with Crippen molar-refractivity contribution in [3.8, 4) is 12.1 Å². The van der Waals surface area contributed by atoms with Crippen molar-refractivity contribution < 1.29 is 4.79 Å². The van der Waals surface area contributed by atoms with E-state index in [4.69, 9.17) is 10.5 Å². The van der Waals surface area contributed by atoms with E-state index in [0.717, 1.165) is 12.1 Å². The van der Waals surface area contributed by atoms with E-state index in [1.165, 1.54) is 0 Å². The molecule has 0 saturated carbocycles. The largest absolute Gasteiger partial charge is 0.359 e. The van der Waals surface area contributed by atoms with Gasteiger partial charge < -0.3 is 10.2 Å². The highest BCUT2D eigenvalue weighted by Crippen LogP contribution is 2.22. The second-order valence-electron chi connectivity index (χ2n) is 4.93. The summed E-state index contributed by atoms with van der Waals surface area (Å²) in [4.78, 5) is 14.1. The Labute approximate surface area is 118 Å². The third-order valence-electron chi connectivity index (χ3n) is 3.48. The molecule has 5 nitrogen and oxygen atoms in total. The van der Waals surface area contributed by atoms with Gasteiger partial charge in [0.15, 0.2) is 0 Å². The second-order valence-corrected chi connectivity index (χ2v) is 4.93. The lowest BCUT2D eigenvalue weighted by Gasteiger charge is -2.28. The van der Waals surface area contributed by atoms with Gasteiger partial charge in [-0.3, -0.25) is 4.79 Å². The number of hydrogen-bond acceptors (Lipinski definition) is 4. The molecule has 1 aromatic rings. The number of anilines is 1. The van der Waals surface area contributed by atoms with Gasteiger partial charge in [0.2, 0.25) is 5.91 Å². The van der Waals surface area contributed by atoms with Crippen LogP contribution in [0.5, 0.6) is 0 Å². The molecule has 1 aliphatic heterocycles. The molecule has 0 bridgehead atoms. The lowest BCUT2D eigenvalue weighted by molar-refractivity contribution is -0.122. The molecule has 1 amide bonds. The number of nitrogens with one attached hydrogen (secondary N) is 1. The first kappa shape index (κ1) is 13.9. The van der Waals surface area contributed by atoms with Crippen LogP contribution >= 0.6 is 0 Å². The predicted octanol–water partition coefficient (Wildman–Crippen LogP) is 1.56. The van der Waals surface area contributed by atoms with Gasteiger partial charge in [0.1, 0.15) is 6.04 Å². The van der Waals surface area contributed by atoms with Crippen molar-refractivity contribution in [3.05, 3.63) is 29.8 Å². The normalized spacial score (nSPS) is 22.4. The molecule has 1 saturated heterocycles. The van der Waals surface area contributed by atoms with E-state index >= 15 is 0 Å². The highest BCUT2D eigenvalue weighted by atomic mass is 16.2. The average Bonchev–Trinajstić information content (AvgIpc) is 2.59. The van der Waals surface area contributed by atoms with E-state index in [2.05, 4.69) is 17.5 Å². The predicted molar refractivity (Wildman–Crippen MR) is 74.7 cm³/mol. The van der Waals surface area contributed by atoms with Crippen LogP contribution in [0, 0.1) is 22.7 Å². The zero-order valence-electron chi connectivity index (χ0n) is 11.3. The standard InChI is InChI=1S/C15H16N4O/c1-11-7-9-19(14(6-8-16)15(20)18-11)13-4-2-12(10-17)3-5-13/h2-5,11,14H,6-7,9H2,1H3,(H,18,20). The van der Waals surface area contributed by atoms with Crippen molar-refractivity contribution in [3.63, 3.8) is 0 Å². The summed E-state index contributed by atoms with van der Waals surface area (Å²) in [5.41, 5.74) is 1.45. The summed E-state index contributed by atoms with van der Waals surface area (Å²) < 4.78 is 0. The first-order valence-electron chi connectivity index (χ1n) is 6.60. The minimum atomic E-state index is -0.474. The van der Waals surface area contributed by atoms with Crippen LogP contribution in [0.1, 0.15) is 25.3 Å². The lowest BCUT2D eigenvalue weighted by Crippen LogP contribution is -2.45. The Morgan fingerprint density at radius 1 is 1.35 bits per heavy atom. The van der Waals surface area contributed by atoms with Crippen molar-refractivity contribution in [1.82, 2.24) is 5.32 Å². The molecule has 2 atom stereocenters. The highest BCUT2D eigenvalue weighted by molar-refractivity contribution is 5.86. The number of carbonyl (C=O) groups is 1. The molecule has 20 heavy (non-hydrogen) atoms. The van der Waals surface area contributed by atoms with Gasteiger partial charge >= 0.3 is 0 Å². The van der Waals surface area contributed by atoms with E-state index in [9.17, 15) is 4.79 Å². The number of benzene rings is 1. The minimum Gasteiger partial charge on any atom is -0.359 e. The summed E-state index contributed by atoms with van der Waals surface area (Å²) in [5.74, 6) is -0.110. The molecule has 0 aliphatic carbocycles. The Balaban J connectivity index is 2.31. The van der Waals surface area contributed by atoms with Crippen molar-refractivity contribution in [2.45, 2.75) is 31.8 Å². The number of hydrogen-bond donors (Lipinski definition) is 1. The number of carbonyl (C=O) groups excluding carboxylic acids is 1. The van der Waals surface area contributed by atoms with Gasteiger partial charge in [0, 0.05) is 18.3 Å². The molecule has 1 aliphatic rings. The Morgan fingerprint density at radius 3 is 2.65 bits per heavy atom. The summed E-state index contributed by atoms with van der Waals surface area (Å²) in [6.07, 6.45) is 0.978. The number of amides is 1. The summed E-state index contributed by atoms with van der Waals surface area (Å²) in [6.45, 7) is 2.67. The van der Waals surface area contributed by atoms with Crippen LogP contribution in [0.4, 0.5) is 5.69 Å². The molecule has 2 rings (SSSR count). The van der Waals surface area contributed by atoms with Gasteiger partial charge in [-0.25, -0.2) is 0 Å². The zero-order valence-corrected chi connectivity index (χ0v) is 11.3. The van der Waals surface area contributed by atoms with Gasteiger partial charge in [-0.05, 0) is 37.6 Å². The molecule has 5 heteroatoms. The van der Waals surface area contributed by atoms with E-state index < -0.39 is 6.04 Å². The average molecular weight is 268 g/mol. The molecule has 1 aromatic carbocycles. The Bertz CT molecular complexity index is 567. The van der Waals surface area contributed by atoms with E-state index in [1.807, 2.05) is 24.0 Å². The monoisotopic (exact) mass is 268 g/mol. The number of nitriles is 2. The first-order chi connectivity index (χ1) is 9.65. The van der Waals surface area contributed by atoms with E-state index in [0.29, 0.717) is 12.1 Å². The SMILES string of the molecule is CC1CCN(c2ccc(C#N)cc2)C(CC#N)C(=O)N1. The summed E-state index contributed by atoms with van der Waals surface area (Å²) in [7, 11) is 0. The smallest absolute Gasteiger partial charge is 0.243 e. The third-order valence-corrected chi connectivity index (χ3v) is 3.48. The van der Waals surface area contributed by atoms with Crippen LogP contribution in [0.15, 0.2) is 24.3 Å². The number of nitrogens with zero attached hydrogens (tertiary/aromatic N) is 3. The Kier molecular flexibility index (Phi) is 4.22. The third kappa shape index (κ3) is 2.89. The van der Waals surface area contributed by atoms with Crippen molar-refractivity contribution >= 4 is 11.6 Å². The molecule has 1 N–H and O–H groups in total. The fourth-order valence-electron chi connectivity index (χ4n) is 2.37. The van der Waals surface area contributed by atoms with E-state index in [1.54, 1.807) is 12.1 Å². The molecule has 1 heterocycles. The topological polar surface area (TPSA) is 79.9 Å². The first-order valence-corrected chi connectivity index (χ1v) is 6.60. The van der Waals surface area contributed by atoms with Gasteiger partial charge in [-0.2, -0.15) is 10.5 Å². The summed E-state index contributed by atoms with van der Waals surface area (Å²) >= 11 is 0. The van der Waals surface area contributed by atoms with Gasteiger partial charge in [-0.15, -0.1) is 0 Å². The molecule has 102 valence electrons. The molecule has 0 radical (unpaired) electrons. The lowest BCUT2D eigenvalue weighted by atomic mass is 10.1. The summed E-state index contributed by atoms with van der Waals surface area (Å²) in [5, 5.41) is 20.7. The fraction of sp³-hybridized carbons (Fsp3) is 0.400. The quantitative estimate of drug-likeness (QED) is 0.882.